The van der Waals surface area contributed by atoms with Gasteiger partial charge < -0.3 is 4.74 Å². The number of methoxy groups -OCH3 is 1. The van der Waals surface area contributed by atoms with Gasteiger partial charge in [-0.05, 0) is 47.5 Å². The van der Waals surface area contributed by atoms with Crippen LogP contribution in [0.3, 0.4) is 0 Å². The molecule has 0 amide bonds. The summed E-state index contributed by atoms with van der Waals surface area (Å²) in [5, 5.41) is 2.29. The van der Waals surface area contributed by atoms with Crippen LogP contribution < -0.4 is 4.74 Å². The summed E-state index contributed by atoms with van der Waals surface area (Å²) in [5.74, 6) is 1.00. The van der Waals surface area contributed by atoms with E-state index in [4.69, 9.17) is 21.3 Å². The van der Waals surface area contributed by atoms with Crippen LogP contribution in [-0.4, -0.2) is 17.1 Å². The topological polar surface area (TPSA) is 35.0 Å². The highest BCUT2D eigenvalue weighted by molar-refractivity contribution is 7.98. The molecule has 4 aromatic rings. The van der Waals surface area contributed by atoms with Gasteiger partial charge in [-0.2, -0.15) is 0 Å². The Hall–Kier alpha value is -2.63. The minimum Gasteiger partial charge on any atom is -0.497 e. The molecule has 0 radical (unpaired) electrons. The Balaban J connectivity index is 1.75. The smallest absolute Gasteiger partial charge is 0.124 e. The first-order valence-electron chi connectivity index (χ1n) is 8.60. The average Bonchev–Trinajstić information content (AvgIpc) is 2.72. The maximum atomic E-state index is 13.3. The van der Waals surface area contributed by atoms with Gasteiger partial charge in [0.05, 0.1) is 17.7 Å². The number of thioether (sulfide) groups is 1. The van der Waals surface area contributed by atoms with Gasteiger partial charge in [-0.3, -0.25) is 4.98 Å². The van der Waals surface area contributed by atoms with Gasteiger partial charge >= 0.3 is 0 Å². The molecule has 0 N–H and O–H groups in total. The number of fused-ring (bicyclic) bond motifs is 1. The van der Waals surface area contributed by atoms with Crippen LogP contribution >= 0.6 is 23.4 Å². The number of hydrogen-bond donors (Lipinski definition) is 0. The molecule has 140 valence electrons. The quantitative estimate of drug-likeness (QED) is 0.357. The van der Waals surface area contributed by atoms with Crippen LogP contribution in [0.4, 0.5) is 4.39 Å². The second kappa shape index (κ2) is 8.17. The highest BCUT2D eigenvalue weighted by Gasteiger charge is 2.11. The third-order valence-electron chi connectivity index (χ3n) is 4.36. The van der Waals surface area contributed by atoms with E-state index in [2.05, 4.69) is 4.98 Å². The number of rotatable bonds is 5. The molecule has 0 spiro atoms. The Kier molecular flexibility index (Phi) is 5.46. The number of aromatic nitrogens is 2. The molecule has 2 heterocycles. The Labute approximate surface area is 171 Å². The molecule has 3 nitrogen and oxygen atoms in total. The zero-order valence-corrected chi connectivity index (χ0v) is 16.6. The van der Waals surface area contributed by atoms with Gasteiger partial charge in [-0.15, -0.1) is 11.8 Å². The third kappa shape index (κ3) is 3.96. The molecular formula is C22H16ClFN2OS. The third-order valence-corrected chi connectivity index (χ3v) is 5.67. The standard InChI is InChI=1S/C22H16ClFN2OS/c1-27-17-6-7-18-19(14-3-2-8-25-12-14)11-22(26-21(18)10-17)28-13-15-4-5-16(24)9-20(15)23/h2-12H,13H2,1H3. The van der Waals surface area contributed by atoms with Crippen molar-refractivity contribution in [1.29, 1.82) is 0 Å². The van der Waals surface area contributed by atoms with Crippen LogP contribution in [0.2, 0.25) is 5.02 Å². The summed E-state index contributed by atoms with van der Waals surface area (Å²) in [6.07, 6.45) is 3.59. The lowest BCUT2D eigenvalue weighted by Gasteiger charge is -2.11. The van der Waals surface area contributed by atoms with Crippen LogP contribution in [0.25, 0.3) is 22.0 Å². The minimum absolute atomic E-state index is 0.339. The van der Waals surface area contributed by atoms with Crippen molar-refractivity contribution in [3.05, 3.63) is 83.4 Å². The molecule has 0 saturated heterocycles. The molecule has 0 fully saturated rings. The molecule has 28 heavy (non-hydrogen) atoms. The van der Waals surface area contributed by atoms with Crippen molar-refractivity contribution in [2.75, 3.05) is 7.11 Å². The lowest BCUT2D eigenvalue weighted by atomic mass is 10.0. The summed E-state index contributed by atoms with van der Waals surface area (Å²) < 4.78 is 18.6. The fourth-order valence-electron chi connectivity index (χ4n) is 2.94. The van der Waals surface area contributed by atoms with Gasteiger partial charge in [-0.1, -0.05) is 23.7 Å². The summed E-state index contributed by atoms with van der Waals surface area (Å²) in [6.45, 7) is 0. The highest BCUT2D eigenvalue weighted by Crippen LogP contribution is 2.34. The molecule has 0 bridgehead atoms. The monoisotopic (exact) mass is 410 g/mol. The van der Waals surface area contributed by atoms with E-state index >= 15 is 0 Å². The highest BCUT2D eigenvalue weighted by atomic mass is 35.5. The van der Waals surface area contributed by atoms with Crippen LogP contribution in [-0.2, 0) is 5.75 Å². The van der Waals surface area contributed by atoms with Gasteiger partial charge in [-0.25, -0.2) is 9.37 Å². The Morgan fingerprint density at radius 3 is 2.75 bits per heavy atom. The summed E-state index contributed by atoms with van der Waals surface area (Å²) in [4.78, 5) is 9.02. The molecule has 0 unspecified atom stereocenters. The van der Waals surface area contributed by atoms with Gasteiger partial charge in [0.1, 0.15) is 11.6 Å². The van der Waals surface area contributed by atoms with Crippen molar-refractivity contribution in [3.63, 3.8) is 0 Å². The first kappa shape index (κ1) is 18.7. The average molecular weight is 411 g/mol. The van der Waals surface area contributed by atoms with E-state index in [-0.39, 0.29) is 5.82 Å². The van der Waals surface area contributed by atoms with Crippen LogP contribution in [0.15, 0.2) is 72.0 Å². The Morgan fingerprint density at radius 1 is 1.11 bits per heavy atom. The largest absolute Gasteiger partial charge is 0.497 e. The molecule has 0 atom stereocenters. The number of ether oxygens (including phenoxy) is 1. The first-order chi connectivity index (χ1) is 13.6. The normalized spacial score (nSPS) is 11.0. The molecule has 2 aromatic carbocycles. The molecule has 0 aliphatic heterocycles. The minimum atomic E-state index is -0.339. The van der Waals surface area contributed by atoms with Gasteiger partial charge in [0, 0.05) is 40.2 Å². The second-order valence-electron chi connectivity index (χ2n) is 6.16. The molecular weight excluding hydrogens is 395 g/mol. The fraction of sp³-hybridized carbons (Fsp3) is 0.0909. The molecule has 2 aromatic heterocycles. The lowest BCUT2D eigenvalue weighted by Crippen LogP contribution is -1.92. The number of halogens is 2. The van der Waals surface area contributed by atoms with E-state index in [0.29, 0.717) is 10.8 Å². The Morgan fingerprint density at radius 2 is 2.00 bits per heavy atom. The molecule has 6 heteroatoms. The van der Waals surface area contributed by atoms with Crippen molar-refractivity contribution in [3.8, 4) is 16.9 Å². The van der Waals surface area contributed by atoms with E-state index in [0.717, 1.165) is 38.4 Å². The van der Waals surface area contributed by atoms with Gasteiger partial charge in [0.2, 0.25) is 0 Å². The van der Waals surface area contributed by atoms with Gasteiger partial charge in [0.25, 0.3) is 0 Å². The predicted molar refractivity (Wildman–Crippen MR) is 112 cm³/mol. The number of hydrogen-bond acceptors (Lipinski definition) is 4. The maximum absolute atomic E-state index is 13.3. The van der Waals surface area contributed by atoms with E-state index in [1.807, 2.05) is 42.6 Å². The van der Waals surface area contributed by atoms with E-state index in [1.54, 1.807) is 31.1 Å². The predicted octanol–water partition coefficient (Wildman–Crippen LogP) is 6.39. The lowest BCUT2D eigenvalue weighted by molar-refractivity contribution is 0.415. The van der Waals surface area contributed by atoms with E-state index in [1.165, 1.54) is 12.1 Å². The van der Waals surface area contributed by atoms with Crippen molar-refractivity contribution in [2.24, 2.45) is 0 Å². The number of pyridine rings is 2. The molecule has 0 aliphatic carbocycles. The molecule has 0 saturated carbocycles. The summed E-state index contributed by atoms with van der Waals surface area (Å²) >= 11 is 7.71. The van der Waals surface area contributed by atoms with E-state index < -0.39 is 0 Å². The fourth-order valence-corrected chi connectivity index (χ4v) is 4.17. The Bertz CT molecular complexity index is 1140. The van der Waals surface area contributed by atoms with Crippen LogP contribution in [0, 0.1) is 5.82 Å². The van der Waals surface area contributed by atoms with Crippen LogP contribution in [0.1, 0.15) is 5.56 Å². The summed E-state index contributed by atoms with van der Waals surface area (Å²) in [6, 6.07) is 16.3. The van der Waals surface area contributed by atoms with Crippen molar-refractivity contribution in [2.45, 2.75) is 10.8 Å². The maximum Gasteiger partial charge on any atom is 0.124 e. The van der Waals surface area contributed by atoms with E-state index in [9.17, 15) is 4.39 Å². The summed E-state index contributed by atoms with van der Waals surface area (Å²) in [5.41, 5.74) is 3.77. The van der Waals surface area contributed by atoms with Crippen molar-refractivity contribution in [1.82, 2.24) is 9.97 Å². The van der Waals surface area contributed by atoms with Gasteiger partial charge in [0.15, 0.2) is 0 Å². The zero-order valence-electron chi connectivity index (χ0n) is 15.0. The van der Waals surface area contributed by atoms with Crippen molar-refractivity contribution >= 4 is 34.3 Å². The number of nitrogens with zero attached hydrogens (tertiary/aromatic N) is 2. The van der Waals surface area contributed by atoms with Crippen molar-refractivity contribution < 1.29 is 9.13 Å². The second-order valence-corrected chi connectivity index (χ2v) is 7.56. The van der Waals surface area contributed by atoms with Crippen LogP contribution in [0.5, 0.6) is 5.75 Å². The number of benzene rings is 2. The molecule has 4 rings (SSSR count). The zero-order chi connectivity index (χ0) is 19.5. The first-order valence-corrected chi connectivity index (χ1v) is 9.96. The summed E-state index contributed by atoms with van der Waals surface area (Å²) in [7, 11) is 1.64. The SMILES string of the molecule is COc1ccc2c(-c3cccnc3)cc(SCc3ccc(F)cc3Cl)nc2c1. The molecule has 0 aliphatic rings.